The van der Waals surface area contributed by atoms with E-state index in [-0.39, 0.29) is 11.4 Å². The molecule has 7 heterocycles. The molecule has 1 spiro atoms. The molecule has 3 atom stereocenters. The summed E-state index contributed by atoms with van der Waals surface area (Å²) in [5, 5.41) is 5.92. The number of carbonyl (C=O) groups is 1. The lowest BCUT2D eigenvalue weighted by atomic mass is 9.87. The van der Waals surface area contributed by atoms with Gasteiger partial charge in [0.05, 0.1) is 40.7 Å². The Labute approximate surface area is 301 Å². The highest BCUT2D eigenvalue weighted by molar-refractivity contribution is 6.34. The Morgan fingerprint density at radius 1 is 1.06 bits per heavy atom. The Balaban J connectivity index is 1.05. The molecular formula is C36H43Cl2FN8O3. The summed E-state index contributed by atoms with van der Waals surface area (Å²) in [5.74, 6) is 0.626. The molecule has 1 aliphatic carbocycles. The Morgan fingerprint density at radius 2 is 1.92 bits per heavy atom. The number of hydrogen-bond donors (Lipinski definition) is 0. The maximum Gasteiger partial charge on any atom is 0.318 e. The molecule has 3 saturated heterocycles. The maximum absolute atomic E-state index is 14.6. The molecule has 0 radical (unpaired) electrons. The van der Waals surface area contributed by atoms with Gasteiger partial charge in [0.15, 0.2) is 5.69 Å². The summed E-state index contributed by atoms with van der Waals surface area (Å²) < 4.78 is 29.8. The first kappa shape index (κ1) is 32.8. The Hall–Kier alpha value is -3.03. The van der Waals surface area contributed by atoms with E-state index in [1.54, 1.807) is 0 Å². The van der Waals surface area contributed by atoms with Gasteiger partial charge >= 0.3 is 6.01 Å². The van der Waals surface area contributed by atoms with E-state index in [4.69, 9.17) is 47.7 Å². The topological polar surface area (TPSA) is 92.1 Å². The molecule has 0 N–H and O–H groups in total. The minimum absolute atomic E-state index is 0.122. The number of aromatic nitrogens is 4. The molecule has 3 fully saturated rings. The number of aryl methyl sites for hydroxylation is 1. The number of alkyl halides is 1. The van der Waals surface area contributed by atoms with Crippen molar-refractivity contribution < 1.29 is 18.7 Å². The van der Waals surface area contributed by atoms with Crippen molar-refractivity contribution in [3.63, 3.8) is 0 Å². The molecule has 0 unspecified atom stereocenters. The normalized spacial score (nSPS) is 28.0. The van der Waals surface area contributed by atoms with Crippen LogP contribution in [0.1, 0.15) is 70.7 Å². The predicted molar refractivity (Wildman–Crippen MR) is 187 cm³/mol. The summed E-state index contributed by atoms with van der Waals surface area (Å²) in [5.41, 5.74) is 4.36. The average molecular weight is 726 g/mol. The van der Waals surface area contributed by atoms with Gasteiger partial charge in [0.1, 0.15) is 18.6 Å². The smallest absolute Gasteiger partial charge is 0.318 e. The van der Waals surface area contributed by atoms with Crippen LogP contribution in [-0.2, 0) is 42.9 Å². The van der Waals surface area contributed by atoms with E-state index in [9.17, 15) is 9.18 Å². The summed E-state index contributed by atoms with van der Waals surface area (Å²) in [7, 11) is 2.06. The van der Waals surface area contributed by atoms with Gasteiger partial charge in [-0.2, -0.15) is 15.1 Å². The van der Waals surface area contributed by atoms with E-state index in [2.05, 4.69) is 27.8 Å². The van der Waals surface area contributed by atoms with Crippen LogP contribution in [0.5, 0.6) is 6.01 Å². The zero-order valence-electron chi connectivity index (χ0n) is 28.5. The van der Waals surface area contributed by atoms with E-state index in [1.165, 1.54) is 0 Å². The number of rotatable bonds is 5. The zero-order valence-corrected chi connectivity index (χ0v) is 30.0. The molecule has 1 aromatic carbocycles. The van der Waals surface area contributed by atoms with Crippen molar-refractivity contribution in [1.29, 1.82) is 0 Å². The second-order valence-corrected chi connectivity index (χ2v) is 15.8. The van der Waals surface area contributed by atoms with Gasteiger partial charge in [0, 0.05) is 69.2 Å². The van der Waals surface area contributed by atoms with E-state index in [0.29, 0.717) is 82.1 Å². The summed E-state index contributed by atoms with van der Waals surface area (Å²) >= 11 is 13.7. The highest BCUT2D eigenvalue weighted by Crippen LogP contribution is 2.49. The summed E-state index contributed by atoms with van der Waals surface area (Å²) in [6, 6.07) is 6.36. The van der Waals surface area contributed by atoms with Gasteiger partial charge in [0.25, 0.3) is 5.91 Å². The fourth-order valence-electron chi connectivity index (χ4n) is 9.29. The fourth-order valence-corrected chi connectivity index (χ4v) is 9.83. The second-order valence-electron chi connectivity index (χ2n) is 15.0. The second kappa shape index (κ2) is 12.6. The number of piperazine rings is 1. The van der Waals surface area contributed by atoms with Crippen LogP contribution in [0.2, 0.25) is 10.0 Å². The number of ether oxygens (including phenoxy) is 2. The lowest BCUT2D eigenvalue weighted by Crippen LogP contribution is -2.47. The van der Waals surface area contributed by atoms with Crippen LogP contribution in [0.4, 0.5) is 10.2 Å². The van der Waals surface area contributed by atoms with Crippen molar-refractivity contribution in [3.05, 3.63) is 62.0 Å². The minimum Gasteiger partial charge on any atom is -0.461 e. The van der Waals surface area contributed by atoms with Crippen molar-refractivity contribution in [2.45, 2.75) is 82.0 Å². The van der Waals surface area contributed by atoms with Gasteiger partial charge in [-0.25, -0.2) is 4.39 Å². The largest absolute Gasteiger partial charge is 0.461 e. The number of nitrogens with zero attached hydrogens (tertiary/aromatic N) is 8. The van der Waals surface area contributed by atoms with Crippen molar-refractivity contribution >= 4 is 34.9 Å². The number of amides is 1. The molecule has 2 aromatic heterocycles. The molecule has 14 heteroatoms. The number of halogens is 3. The fraction of sp³-hybridized carbons (Fsp3) is 0.611. The average Bonchev–Trinajstić information content (AvgIpc) is 3.79. The van der Waals surface area contributed by atoms with Crippen LogP contribution < -0.4 is 9.64 Å². The Morgan fingerprint density at radius 3 is 2.78 bits per heavy atom. The van der Waals surface area contributed by atoms with Gasteiger partial charge in [-0.3, -0.25) is 14.4 Å². The molecule has 6 aliphatic rings. The molecule has 9 rings (SSSR count). The third-order valence-corrected chi connectivity index (χ3v) is 12.8. The van der Waals surface area contributed by atoms with Crippen LogP contribution in [-0.4, -0.2) is 112 Å². The first-order valence-corrected chi connectivity index (χ1v) is 18.8. The zero-order chi connectivity index (χ0) is 34.2. The third-order valence-electron chi connectivity index (χ3n) is 12.0. The number of hydrogen-bond acceptors (Lipinski definition) is 9. The minimum atomic E-state index is -0.843. The van der Waals surface area contributed by atoms with Crippen molar-refractivity contribution in [1.82, 2.24) is 34.4 Å². The van der Waals surface area contributed by atoms with Crippen LogP contribution in [0.3, 0.4) is 0 Å². The summed E-state index contributed by atoms with van der Waals surface area (Å²) in [6.45, 7) is 6.76. The van der Waals surface area contributed by atoms with Crippen molar-refractivity contribution in [2.75, 3.05) is 64.4 Å². The van der Waals surface area contributed by atoms with Gasteiger partial charge in [-0.15, -0.1) is 0 Å². The standard InChI is InChI=1S/C36H43Cl2FN8O3/c1-43-13-15-44(16-14-43)33(48)31-30(38)29-20-45(10-4-12-47(29)42-31)32-25-21-50-36(9-7-24-26(36)5-2-6-27(24)37)18-28(25)40-34(41-32)49-22-35-8-3-11-46(35)19-23(39)17-35/h2,5-6,23H,3-4,7-22H2,1H3/t23-,35+,36+/m1/s1. The molecule has 1 amide bonds. The third kappa shape index (κ3) is 5.48. The van der Waals surface area contributed by atoms with Gasteiger partial charge in [-0.05, 0) is 62.9 Å². The van der Waals surface area contributed by atoms with Crippen molar-refractivity contribution in [3.8, 4) is 6.01 Å². The molecule has 3 aromatic rings. The first-order valence-electron chi connectivity index (χ1n) is 18.0. The Bertz CT molecular complexity index is 1830. The predicted octanol–water partition coefficient (Wildman–Crippen LogP) is 4.65. The Kier molecular flexibility index (Phi) is 8.26. The van der Waals surface area contributed by atoms with Crippen LogP contribution in [0.25, 0.3) is 0 Å². The number of likely N-dealkylation sites (N-methyl/N-ethyl adjacent to an activating group) is 1. The molecular weight excluding hydrogens is 682 g/mol. The van der Waals surface area contributed by atoms with Gasteiger partial charge in [-0.1, -0.05) is 35.3 Å². The molecule has 266 valence electrons. The van der Waals surface area contributed by atoms with Crippen LogP contribution >= 0.6 is 23.2 Å². The van der Waals surface area contributed by atoms with Crippen LogP contribution in [0, 0.1) is 0 Å². The van der Waals surface area contributed by atoms with Gasteiger partial charge in [0.2, 0.25) is 0 Å². The number of benzene rings is 1. The molecule has 0 bridgehead atoms. The summed E-state index contributed by atoms with van der Waals surface area (Å²) in [6.07, 6.45) is 4.60. The molecule has 0 saturated carbocycles. The van der Waals surface area contributed by atoms with Gasteiger partial charge < -0.3 is 24.2 Å². The number of anilines is 1. The SMILES string of the molecule is CN1CCN(C(=O)c2nn3c(c2Cl)CN(c2nc(OC[C@@]45CCCN4C[C@H](F)C5)nc4c2CO[C@@]2(CCc5c(Cl)cccc52)C4)CCC3)CC1. The van der Waals surface area contributed by atoms with E-state index >= 15 is 0 Å². The highest BCUT2D eigenvalue weighted by atomic mass is 35.5. The molecule has 11 nitrogen and oxygen atoms in total. The van der Waals surface area contributed by atoms with E-state index in [1.807, 2.05) is 21.7 Å². The van der Waals surface area contributed by atoms with E-state index in [0.717, 1.165) is 90.7 Å². The molecule has 50 heavy (non-hydrogen) atoms. The lowest BCUT2D eigenvalue weighted by Gasteiger charge is -2.37. The number of carbonyl (C=O) groups excluding carboxylic acids is 1. The van der Waals surface area contributed by atoms with Crippen molar-refractivity contribution in [2.24, 2.45) is 0 Å². The molecule has 5 aliphatic heterocycles. The monoisotopic (exact) mass is 724 g/mol. The first-order chi connectivity index (χ1) is 24.2. The van der Waals surface area contributed by atoms with Crippen LogP contribution in [0.15, 0.2) is 18.2 Å². The lowest BCUT2D eigenvalue weighted by molar-refractivity contribution is -0.0730. The highest BCUT2D eigenvalue weighted by Gasteiger charge is 2.50. The summed E-state index contributed by atoms with van der Waals surface area (Å²) in [4.78, 5) is 32.2. The maximum atomic E-state index is 14.6. The van der Waals surface area contributed by atoms with E-state index < -0.39 is 11.8 Å². The number of fused-ring (bicyclic) bond motifs is 5. The quantitative estimate of drug-likeness (QED) is 0.373.